The molecule has 1 aromatic rings. The van der Waals surface area contributed by atoms with Gasteiger partial charge in [-0.15, -0.1) is 0 Å². The first kappa shape index (κ1) is 9.45. The highest BCUT2D eigenvalue weighted by Gasteiger charge is 2.06. The molecule has 0 spiro atoms. The second-order valence-electron chi connectivity index (χ2n) is 2.60. The molecule has 0 aliphatic heterocycles. The number of hydrogen-bond acceptors (Lipinski definition) is 3. The highest BCUT2D eigenvalue weighted by molar-refractivity contribution is 5.99. The molecule has 68 valence electrons. The lowest BCUT2D eigenvalue weighted by molar-refractivity contribution is 0.101. The minimum absolute atomic E-state index is 0.0405. The van der Waals surface area contributed by atoms with Crippen LogP contribution in [0.4, 0.5) is 5.69 Å². The monoisotopic (exact) mass is 177 g/mol. The molecule has 0 atom stereocenters. The van der Waals surface area contributed by atoms with Gasteiger partial charge in [-0.05, 0) is 31.8 Å². The van der Waals surface area contributed by atoms with E-state index in [2.05, 4.69) is 11.7 Å². The minimum atomic E-state index is -0.0405. The number of methoxy groups -OCH3 is 1. The van der Waals surface area contributed by atoms with Gasteiger partial charge >= 0.3 is 0 Å². The summed E-state index contributed by atoms with van der Waals surface area (Å²) >= 11 is 0. The van der Waals surface area contributed by atoms with Crippen molar-refractivity contribution in [2.75, 3.05) is 7.11 Å². The SMILES string of the molecule is C=Nc1ccc(OC)cc1C(C)=O. The highest BCUT2D eigenvalue weighted by atomic mass is 16.5. The van der Waals surface area contributed by atoms with E-state index in [0.717, 1.165) is 0 Å². The molecule has 0 aliphatic carbocycles. The number of aliphatic imine (C=N–C) groups is 1. The molecule has 1 rings (SSSR count). The zero-order chi connectivity index (χ0) is 9.84. The van der Waals surface area contributed by atoms with E-state index in [9.17, 15) is 4.79 Å². The molecule has 0 amide bonds. The molecule has 3 heteroatoms. The Kier molecular flexibility index (Phi) is 2.80. The molecule has 0 saturated heterocycles. The molecular formula is C10H11NO2. The summed E-state index contributed by atoms with van der Waals surface area (Å²) in [5.41, 5.74) is 1.13. The standard InChI is InChI=1S/C10H11NO2/c1-7(12)9-6-8(13-3)4-5-10(9)11-2/h4-6H,2H2,1,3H3. The lowest BCUT2D eigenvalue weighted by Crippen LogP contribution is -1.93. The molecule has 0 aromatic heterocycles. The molecule has 0 saturated carbocycles. The Hall–Kier alpha value is -1.64. The van der Waals surface area contributed by atoms with E-state index in [-0.39, 0.29) is 5.78 Å². The molecule has 0 fully saturated rings. The van der Waals surface area contributed by atoms with E-state index < -0.39 is 0 Å². The number of hydrogen-bond donors (Lipinski definition) is 0. The van der Waals surface area contributed by atoms with Crippen LogP contribution in [0, 0.1) is 0 Å². The molecule has 0 unspecified atom stereocenters. The van der Waals surface area contributed by atoms with Crippen LogP contribution in [0.15, 0.2) is 23.2 Å². The van der Waals surface area contributed by atoms with E-state index in [4.69, 9.17) is 4.74 Å². The number of ketones is 1. The van der Waals surface area contributed by atoms with Crippen LogP contribution in [0.3, 0.4) is 0 Å². The average Bonchev–Trinajstić information content (AvgIpc) is 2.16. The van der Waals surface area contributed by atoms with Crippen LogP contribution in [0.25, 0.3) is 0 Å². The van der Waals surface area contributed by atoms with Gasteiger partial charge in [-0.25, -0.2) is 0 Å². The normalized spacial score (nSPS) is 9.38. The Morgan fingerprint density at radius 1 is 1.54 bits per heavy atom. The van der Waals surface area contributed by atoms with Crippen LogP contribution in [-0.2, 0) is 0 Å². The van der Waals surface area contributed by atoms with Gasteiger partial charge in [0.1, 0.15) is 5.75 Å². The van der Waals surface area contributed by atoms with Crippen LogP contribution in [0.1, 0.15) is 17.3 Å². The van der Waals surface area contributed by atoms with Gasteiger partial charge in [-0.1, -0.05) is 0 Å². The van der Waals surface area contributed by atoms with Gasteiger partial charge in [-0.3, -0.25) is 9.79 Å². The number of benzene rings is 1. The fraction of sp³-hybridized carbons (Fsp3) is 0.200. The number of rotatable bonds is 3. The quantitative estimate of drug-likeness (QED) is 0.524. The second kappa shape index (κ2) is 3.85. The van der Waals surface area contributed by atoms with Crippen LogP contribution >= 0.6 is 0 Å². The number of nitrogens with zero attached hydrogens (tertiary/aromatic N) is 1. The van der Waals surface area contributed by atoms with Crippen LogP contribution < -0.4 is 4.74 Å². The lowest BCUT2D eigenvalue weighted by atomic mass is 10.1. The molecule has 0 aliphatic rings. The van der Waals surface area contributed by atoms with Crippen molar-refractivity contribution in [1.82, 2.24) is 0 Å². The molecule has 1 aromatic carbocycles. The van der Waals surface area contributed by atoms with Crippen molar-refractivity contribution in [2.45, 2.75) is 6.92 Å². The highest BCUT2D eigenvalue weighted by Crippen LogP contribution is 2.24. The summed E-state index contributed by atoms with van der Waals surface area (Å²) in [4.78, 5) is 14.9. The summed E-state index contributed by atoms with van der Waals surface area (Å²) in [7, 11) is 1.56. The number of carbonyl (C=O) groups is 1. The van der Waals surface area contributed by atoms with Crippen molar-refractivity contribution in [3.8, 4) is 5.75 Å². The summed E-state index contributed by atoms with van der Waals surface area (Å²) in [5.74, 6) is 0.610. The van der Waals surface area contributed by atoms with Crippen LogP contribution in [0.2, 0.25) is 0 Å². The van der Waals surface area contributed by atoms with Gasteiger partial charge < -0.3 is 4.74 Å². The van der Waals surface area contributed by atoms with E-state index in [1.165, 1.54) is 6.92 Å². The van der Waals surface area contributed by atoms with Gasteiger partial charge in [0.2, 0.25) is 0 Å². The Morgan fingerprint density at radius 2 is 2.23 bits per heavy atom. The minimum Gasteiger partial charge on any atom is -0.497 e. The summed E-state index contributed by atoms with van der Waals surface area (Å²) in [6.07, 6.45) is 0. The van der Waals surface area contributed by atoms with Gasteiger partial charge in [0.05, 0.1) is 12.8 Å². The predicted molar refractivity (Wildman–Crippen MR) is 52.2 cm³/mol. The van der Waals surface area contributed by atoms with Crippen LogP contribution in [-0.4, -0.2) is 19.6 Å². The molecule has 13 heavy (non-hydrogen) atoms. The first-order valence-corrected chi connectivity index (χ1v) is 3.84. The Bertz CT molecular complexity index is 345. The number of carbonyl (C=O) groups excluding carboxylic acids is 1. The Morgan fingerprint density at radius 3 is 2.69 bits per heavy atom. The third kappa shape index (κ3) is 1.93. The van der Waals surface area contributed by atoms with Crippen molar-refractivity contribution in [2.24, 2.45) is 4.99 Å². The zero-order valence-electron chi connectivity index (χ0n) is 7.70. The number of Topliss-reactive ketones (excluding diaryl/α,β-unsaturated/α-hetero) is 1. The fourth-order valence-corrected chi connectivity index (χ4v) is 1.06. The van der Waals surface area contributed by atoms with Gasteiger partial charge in [-0.2, -0.15) is 0 Å². The molecular weight excluding hydrogens is 166 g/mol. The van der Waals surface area contributed by atoms with Gasteiger partial charge in [0.25, 0.3) is 0 Å². The topological polar surface area (TPSA) is 38.7 Å². The van der Waals surface area contributed by atoms with Crippen molar-refractivity contribution < 1.29 is 9.53 Å². The average molecular weight is 177 g/mol. The van der Waals surface area contributed by atoms with E-state index in [1.54, 1.807) is 25.3 Å². The summed E-state index contributed by atoms with van der Waals surface area (Å²) in [6, 6.07) is 5.12. The summed E-state index contributed by atoms with van der Waals surface area (Å²) in [5, 5.41) is 0. The lowest BCUT2D eigenvalue weighted by Gasteiger charge is -2.04. The van der Waals surface area contributed by atoms with Crippen molar-refractivity contribution in [1.29, 1.82) is 0 Å². The Labute approximate surface area is 77.1 Å². The van der Waals surface area contributed by atoms with Crippen LogP contribution in [0.5, 0.6) is 5.75 Å². The van der Waals surface area contributed by atoms with E-state index in [1.807, 2.05) is 0 Å². The molecule has 3 nitrogen and oxygen atoms in total. The molecule has 0 heterocycles. The third-order valence-electron chi connectivity index (χ3n) is 1.75. The second-order valence-corrected chi connectivity index (χ2v) is 2.60. The fourth-order valence-electron chi connectivity index (χ4n) is 1.06. The third-order valence-corrected chi connectivity index (χ3v) is 1.75. The first-order valence-electron chi connectivity index (χ1n) is 3.84. The maximum absolute atomic E-state index is 11.1. The zero-order valence-corrected chi connectivity index (χ0v) is 7.70. The number of ether oxygens (including phenoxy) is 1. The van der Waals surface area contributed by atoms with Crippen molar-refractivity contribution in [3.05, 3.63) is 23.8 Å². The first-order chi connectivity index (χ1) is 6.19. The maximum Gasteiger partial charge on any atom is 0.162 e. The van der Waals surface area contributed by atoms with Crippen molar-refractivity contribution in [3.63, 3.8) is 0 Å². The predicted octanol–water partition coefficient (Wildman–Crippen LogP) is 2.23. The summed E-state index contributed by atoms with van der Waals surface area (Å²) in [6.45, 7) is 4.88. The summed E-state index contributed by atoms with van der Waals surface area (Å²) < 4.78 is 4.99. The molecule has 0 radical (unpaired) electrons. The Balaban J connectivity index is 3.25. The maximum atomic E-state index is 11.1. The molecule has 0 bridgehead atoms. The largest absolute Gasteiger partial charge is 0.497 e. The molecule has 0 N–H and O–H groups in total. The van der Waals surface area contributed by atoms with E-state index >= 15 is 0 Å². The van der Waals surface area contributed by atoms with Gasteiger partial charge in [0.15, 0.2) is 5.78 Å². The van der Waals surface area contributed by atoms with E-state index in [0.29, 0.717) is 17.0 Å². The smallest absolute Gasteiger partial charge is 0.162 e. The van der Waals surface area contributed by atoms with Crippen molar-refractivity contribution >= 4 is 18.2 Å². The van der Waals surface area contributed by atoms with Gasteiger partial charge in [0, 0.05) is 5.56 Å².